The number of benzene rings is 2. The van der Waals surface area contributed by atoms with E-state index in [0.29, 0.717) is 5.95 Å². The molecule has 0 atom stereocenters. The van der Waals surface area contributed by atoms with E-state index in [1.54, 1.807) is 7.11 Å². The van der Waals surface area contributed by atoms with Gasteiger partial charge in [-0.2, -0.15) is 5.10 Å². The zero-order valence-electron chi connectivity index (χ0n) is 19.6. The second kappa shape index (κ2) is 9.36. The van der Waals surface area contributed by atoms with Crippen LogP contribution >= 0.6 is 0 Å². The molecule has 9 heteroatoms. The largest absolute Gasteiger partial charge is 0.496 e. The minimum absolute atomic E-state index is 0.510. The normalized spacial score (nSPS) is 14.5. The molecule has 0 aliphatic carbocycles. The van der Waals surface area contributed by atoms with E-state index < -0.39 is 0 Å². The molecule has 3 aromatic heterocycles. The third kappa shape index (κ3) is 4.43. The smallest absolute Gasteiger partial charge is 0.245 e. The summed E-state index contributed by atoms with van der Waals surface area (Å²) in [5.41, 5.74) is 4.65. The van der Waals surface area contributed by atoms with Gasteiger partial charge in [-0.25, -0.2) is 9.50 Å². The van der Waals surface area contributed by atoms with Crippen molar-refractivity contribution in [2.45, 2.75) is 6.54 Å². The fourth-order valence-corrected chi connectivity index (χ4v) is 4.48. The van der Waals surface area contributed by atoms with Crippen LogP contribution in [0.5, 0.6) is 5.75 Å². The monoisotopic (exact) mass is 469 g/mol. The van der Waals surface area contributed by atoms with Crippen LogP contribution in [-0.4, -0.2) is 69.2 Å². The van der Waals surface area contributed by atoms with Crippen molar-refractivity contribution in [1.29, 1.82) is 0 Å². The van der Waals surface area contributed by atoms with Crippen LogP contribution in [0.15, 0.2) is 67.0 Å². The summed E-state index contributed by atoms with van der Waals surface area (Å²) < 4.78 is 14.9. The molecule has 0 saturated carbocycles. The number of para-hydroxylation sites is 1. The predicted octanol–water partition coefficient (Wildman–Crippen LogP) is 3.83. The first-order chi connectivity index (χ1) is 17.3. The van der Waals surface area contributed by atoms with Crippen LogP contribution in [0, 0.1) is 0 Å². The van der Waals surface area contributed by atoms with Gasteiger partial charge in [-0.1, -0.05) is 12.1 Å². The lowest BCUT2D eigenvalue weighted by atomic mass is 10.1. The summed E-state index contributed by atoms with van der Waals surface area (Å²) >= 11 is 0. The molecule has 6 rings (SSSR count). The molecule has 1 aliphatic heterocycles. The Morgan fingerprint density at radius 3 is 2.77 bits per heavy atom. The summed E-state index contributed by atoms with van der Waals surface area (Å²) in [7, 11) is 1.68. The molecule has 35 heavy (non-hydrogen) atoms. The van der Waals surface area contributed by atoms with Gasteiger partial charge in [-0.3, -0.25) is 9.58 Å². The Bertz CT molecular complexity index is 1470. The third-order valence-electron chi connectivity index (χ3n) is 6.34. The number of methoxy groups -OCH3 is 1. The van der Waals surface area contributed by atoms with Crippen LogP contribution in [0.25, 0.3) is 27.7 Å². The fourth-order valence-electron chi connectivity index (χ4n) is 4.48. The van der Waals surface area contributed by atoms with E-state index in [-0.39, 0.29) is 0 Å². The number of anilines is 2. The van der Waals surface area contributed by atoms with Crippen LogP contribution in [-0.2, 0) is 11.3 Å². The highest BCUT2D eigenvalue weighted by molar-refractivity contribution is 5.82. The van der Waals surface area contributed by atoms with Gasteiger partial charge in [0.15, 0.2) is 0 Å². The highest BCUT2D eigenvalue weighted by atomic mass is 16.5. The van der Waals surface area contributed by atoms with Crippen molar-refractivity contribution in [3.8, 4) is 17.0 Å². The minimum atomic E-state index is 0.510. The molecule has 178 valence electrons. The Balaban J connectivity index is 1.23. The quantitative estimate of drug-likeness (QED) is 0.388. The summed E-state index contributed by atoms with van der Waals surface area (Å²) in [5, 5.41) is 14.0. The van der Waals surface area contributed by atoms with Gasteiger partial charge in [0.05, 0.1) is 49.8 Å². The van der Waals surface area contributed by atoms with E-state index in [1.807, 2.05) is 63.9 Å². The van der Waals surface area contributed by atoms with Gasteiger partial charge in [0, 0.05) is 42.5 Å². The van der Waals surface area contributed by atoms with E-state index in [2.05, 4.69) is 27.5 Å². The van der Waals surface area contributed by atoms with Gasteiger partial charge < -0.3 is 14.8 Å². The van der Waals surface area contributed by atoms with E-state index in [1.165, 1.54) is 0 Å². The minimum Gasteiger partial charge on any atom is -0.496 e. The Labute approximate surface area is 202 Å². The summed E-state index contributed by atoms with van der Waals surface area (Å²) in [5.74, 6) is 1.31. The van der Waals surface area contributed by atoms with Gasteiger partial charge in [0.1, 0.15) is 5.75 Å². The number of nitrogens with zero attached hydrogens (tertiary/aromatic N) is 6. The van der Waals surface area contributed by atoms with E-state index >= 15 is 0 Å². The number of ether oxygens (including phenoxy) is 2. The number of aromatic nitrogens is 5. The topological polar surface area (TPSA) is 81.7 Å². The first kappa shape index (κ1) is 21.6. The first-order valence-electron chi connectivity index (χ1n) is 11.8. The Morgan fingerprint density at radius 1 is 1.00 bits per heavy atom. The Hall–Kier alpha value is -3.95. The molecule has 9 nitrogen and oxygen atoms in total. The molecule has 2 aromatic carbocycles. The second-order valence-corrected chi connectivity index (χ2v) is 8.58. The molecule has 1 saturated heterocycles. The van der Waals surface area contributed by atoms with Crippen molar-refractivity contribution in [3.05, 3.63) is 67.0 Å². The van der Waals surface area contributed by atoms with Gasteiger partial charge in [0.25, 0.3) is 0 Å². The van der Waals surface area contributed by atoms with Crippen molar-refractivity contribution >= 4 is 28.1 Å². The van der Waals surface area contributed by atoms with Gasteiger partial charge in [0.2, 0.25) is 5.95 Å². The lowest BCUT2D eigenvalue weighted by molar-refractivity contribution is 0.0360. The molecule has 0 spiro atoms. The van der Waals surface area contributed by atoms with Crippen LogP contribution in [0.3, 0.4) is 0 Å². The van der Waals surface area contributed by atoms with E-state index in [9.17, 15) is 0 Å². The van der Waals surface area contributed by atoms with Gasteiger partial charge in [-0.05, 0) is 42.5 Å². The van der Waals surface area contributed by atoms with Crippen molar-refractivity contribution in [2.24, 2.45) is 0 Å². The number of rotatable bonds is 7. The molecule has 0 unspecified atom stereocenters. The highest BCUT2D eigenvalue weighted by Crippen LogP contribution is 2.30. The van der Waals surface area contributed by atoms with Crippen LogP contribution in [0.1, 0.15) is 0 Å². The Kier molecular flexibility index (Phi) is 5.77. The lowest BCUT2D eigenvalue weighted by Crippen LogP contribution is -2.38. The maximum absolute atomic E-state index is 5.55. The van der Waals surface area contributed by atoms with Crippen molar-refractivity contribution < 1.29 is 9.47 Å². The zero-order chi connectivity index (χ0) is 23.6. The Morgan fingerprint density at radius 2 is 1.89 bits per heavy atom. The number of hydrogen-bond acceptors (Lipinski definition) is 7. The average molecular weight is 470 g/mol. The molecule has 5 aromatic rings. The summed E-state index contributed by atoms with van der Waals surface area (Å²) in [6.45, 7) is 5.43. The van der Waals surface area contributed by atoms with E-state index in [0.717, 1.165) is 78.5 Å². The lowest BCUT2D eigenvalue weighted by Gasteiger charge is -2.26. The van der Waals surface area contributed by atoms with E-state index in [4.69, 9.17) is 19.7 Å². The molecule has 0 radical (unpaired) electrons. The summed E-state index contributed by atoms with van der Waals surface area (Å²) in [6.07, 6.45) is 3.91. The summed E-state index contributed by atoms with van der Waals surface area (Å²) in [4.78, 5) is 6.92. The molecular weight excluding hydrogens is 442 g/mol. The standard InChI is InChI=1S/C26H27N7O2/c1-34-25-5-3-2-4-22(25)24-9-8-21-17-27-26(30-33(21)24)28-20-7-6-19-18-32(29-23(19)16-20)11-10-31-12-14-35-15-13-31/h2-9,16-18H,10-15H2,1H3,(H,28,30). The molecule has 0 amide bonds. The zero-order valence-corrected chi connectivity index (χ0v) is 19.6. The average Bonchev–Trinajstić information content (AvgIpc) is 3.51. The molecule has 1 aliphatic rings. The SMILES string of the molecule is COc1ccccc1-c1ccc2cnc(Nc3ccc4cn(CCN5CCOCC5)nc4c3)nn12. The third-order valence-corrected chi connectivity index (χ3v) is 6.34. The van der Waals surface area contributed by atoms with Crippen LogP contribution in [0.4, 0.5) is 11.6 Å². The molecular formula is C26H27N7O2. The molecule has 4 heterocycles. The summed E-state index contributed by atoms with van der Waals surface area (Å²) in [6, 6.07) is 18.1. The number of morpholine rings is 1. The maximum Gasteiger partial charge on any atom is 0.245 e. The number of fused-ring (bicyclic) bond motifs is 2. The fraction of sp³-hybridized carbons (Fsp3) is 0.269. The molecule has 0 bridgehead atoms. The van der Waals surface area contributed by atoms with Crippen molar-refractivity contribution in [1.82, 2.24) is 29.3 Å². The van der Waals surface area contributed by atoms with Gasteiger partial charge in [-0.15, -0.1) is 5.10 Å². The maximum atomic E-state index is 5.55. The molecule has 1 fully saturated rings. The first-order valence-corrected chi connectivity index (χ1v) is 11.8. The van der Waals surface area contributed by atoms with Crippen molar-refractivity contribution in [2.75, 3.05) is 45.3 Å². The highest BCUT2D eigenvalue weighted by Gasteiger charge is 2.13. The number of nitrogens with one attached hydrogen (secondary N) is 1. The molecule has 1 N–H and O–H groups in total. The van der Waals surface area contributed by atoms with Crippen LogP contribution < -0.4 is 10.1 Å². The van der Waals surface area contributed by atoms with Crippen LogP contribution in [0.2, 0.25) is 0 Å². The van der Waals surface area contributed by atoms with Gasteiger partial charge >= 0.3 is 0 Å². The predicted molar refractivity (Wildman–Crippen MR) is 135 cm³/mol. The number of hydrogen-bond donors (Lipinski definition) is 1. The van der Waals surface area contributed by atoms with Crippen molar-refractivity contribution in [3.63, 3.8) is 0 Å². The second-order valence-electron chi connectivity index (χ2n) is 8.58.